The number of hydrogen-bond donors (Lipinski definition) is 1. The third kappa shape index (κ3) is 3.17. The number of nitrogens with one attached hydrogen (secondary N) is 1. The van der Waals surface area contributed by atoms with Gasteiger partial charge in [0.05, 0.1) is 6.33 Å². The van der Waals surface area contributed by atoms with Crippen LogP contribution >= 0.6 is 31.9 Å². The molecule has 0 unspecified atom stereocenters. The first-order chi connectivity index (χ1) is 8.16. The Morgan fingerprint density at radius 3 is 2.65 bits per heavy atom. The maximum absolute atomic E-state index is 11.3. The molecule has 0 saturated carbocycles. The second-order valence-electron chi connectivity index (χ2n) is 3.27. The van der Waals surface area contributed by atoms with Crippen molar-refractivity contribution in [2.75, 3.05) is 0 Å². The third-order valence-corrected chi connectivity index (χ3v) is 3.28. The fraction of sp³-hybridized carbons (Fsp3) is 0.0909. The van der Waals surface area contributed by atoms with Crippen LogP contribution in [0.4, 0.5) is 0 Å². The second-order valence-corrected chi connectivity index (χ2v) is 4.97. The van der Waals surface area contributed by atoms with Gasteiger partial charge in [0, 0.05) is 4.47 Å². The standard InChI is InChI=1S/C11H8Br2N2O2/c12-8-3-1-7(2-4-8)5-17-11-9(13)10(16)14-6-15-11/h1-4,6H,5H2,(H,14,15,16). The summed E-state index contributed by atoms with van der Waals surface area (Å²) in [5.74, 6) is 0.289. The molecular weight excluding hydrogens is 352 g/mol. The highest BCUT2D eigenvalue weighted by Crippen LogP contribution is 2.18. The lowest BCUT2D eigenvalue weighted by molar-refractivity contribution is 0.290. The SMILES string of the molecule is O=c1[nH]cnc(OCc2ccc(Br)cc2)c1Br. The molecule has 2 rings (SSSR count). The highest BCUT2D eigenvalue weighted by Gasteiger charge is 2.06. The molecule has 0 saturated heterocycles. The molecule has 0 bridgehead atoms. The molecule has 0 atom stereocenters. The molecule has 0 radical (unpaired) electrons. The second kappa shape index (κ2) is 5.46. The van der Waals surface area contributed by atoms with E-state index in [0.717, 1.165) is 10.0 Å². The minimum absolute atomic E-state index is 0.259. The summed E-state index contributed by atoms with van der Waals surface area (Å²) in [6, 6.07) is 7.73. The first-order valence-electron chi connectivity index (χ1n) is 4.77. The molecule has 0 amide bonds. The monoisotopic (exact) mass is 358 g/mol. The van der Waals surface area contributed by atoms with Crippen LogP contribution in [0.1, 0.15) is 5.56 Å². The fourth-order valence-corrected chi connectivity index (χ4v) is 1.80. The molecule has 0 fully saturated rings. The minimum atomic E-state index is -0.259. The van der Waals surface area contributed by atoms with Gasteiger partial charge in [0.25, 0.3) is 5.56 Å². The van der Waals surface area contributed by atoms with Crippen molar-refractivity contribution in [3.8, 4) is 5.88 Å². The molecular formula is C11H8Br2N2O2. The molecule has 17 heavy (non-hydrogen) atoms. The number of aromatic nitrogens is 2. The summed E-state index contributed by atoms with van der Waals surface area (Å²) in [7, 11) is 0. The Morgan fingerprint density at radius 1 is 1.24 bits per heavy atom. The summed E-state index contributed by atoms with van der Waals surface area (Å²) in [4.78, 5) is 17.7. The van der Waals surface area contributed by atoms with Gasteiger partial charge in [0.1, 0.15) is 11.1 Å². The van der Waals surface area contributed by atoms with Crippen LogP contribution in [-0.2, 0) is 6.61 Å². The Morgan fingerprint density at radius 2 is 1.94 bits per heavy atom. The van der Waals surface area contributed by atoms with Crippen LogP contribution in [-0.4, -0.2) is 9.97 Å². The highest BCUT2D eigenvalue weighted by atomic mass is 79.9. The molecule has 4 nitrogen and oxygen atoms in total. The molecule has 1 N–H and O–H groups in total. The van der Waals surface area contributed by atoms with Gasteiger partial charge < -0.3 is 9.72 Å². The van der Waals surface area contributed by atoms with Crippen molar-refractivity contribution in [2.24, 2.45) is 0 Å². The first-order valence-corrected chi connectivity index (χ1v) is 6.36. The molecule has 88 valence electrons. The van der Waals surface area contributed by atoms with Gasteiger partial charge in [-0.2, -0.15) is 0 Å². The van der Waals surface area contributed by atoms with Crippen LogP contribution < -0.4 is 10.3 Å². The normalized spacial score (nSPS) is 10.2. The number of halogens is 2. The lowest BCUT2D eigenvalue weighted by Gasteiger charge is -2.06. The predicted octanol–water partition coefficient (Wildman–Crippen LogP) is 2.87. The van der Waals surface area contributed by atoms with Crippen LogP contribution in [0.3, 0.4) is 0 Å². The van der Waals surface area contributed by atoms with Gasteiger partial charge in [0.15, 0.2) is 0 Å². The van der Waals surface area contributed by atoms with Crippen molar-refractivity contribution in [1.82, 2.24) is 9.97 Å². The fourth-order valence-electron chi connectivity index (χ4n) is 1.20. The summed E-state index contributed by atoms with van der Waals surface area (Å²) in [5.41, 5.74) is 0.744. The first kappa shape index (κ1) is 12.3. The Bertz CT molecular complexity index is 566. The van der Waals surface area contributed by atoms with Crippen molar-refractivity contribution in [1.29, 1.82) is 0 Å². The maximum atomic E-state index is 11.3. The molecule has 0 spiro atoms. The van der Waals surface area contributed by atoms with E-state index in [4.69, 9.17) is 4.74 Å². The quantitative estimate of drug-likeness (QED) is 0.916. The molecule has 2 aromatic rings. The third-order valence-electron chi connectivity index (χ3n) is 2.05. The van der Waals surface area contributed by atoms with E-state index < -0.39 is 0 Å². The number of nitrogens with zero attached hydrogens (tertiary/aromatic N) is 1. The van der Waals surface area contributed by atoms with E-state index in [1.54, 1.807) is 0 Å². The number of benzene rings is 1. The van der Waals surface area contributed by atoms with Gasteiger partial charge in [0.2, 0.25) is 5.88 Å². The van der Waals surface area contributed by atoms with Crippen LogP contribution in [0.5, 0.6) is 5.88 Å². The summed E-state index contributed by atoms with van der Waals surface area (Å²) in [6.45, 7) is 0.363. The number of aromatic amines is 1. The van der Waals surface area contributed by atoms with Gasteiger partial charge in [-0.05, 0) is 33.6 Å². The Kier molecular flexibility index (Phi) is 3.96. The minimum Gasteiger partial charge on any atom is -0.472 e. The average molecular weight is 360 g/mol. The molecule has 1 aromatic carbocycles. The highest BCUT2D eigenvalue weighted by molar-refractivity contribution is 9.10. The topological polar surface area (TPSA) is 55.0 Å². The van der Waals surface area contributed by atoms with Crippen LogP contribution in [0, 0.1) is 0 Å². The Hall–Kier alpha value is -1.14. The predicted molar refractivity (Wildman–Crippen MR) is 71.0 cm³/mol. The summed E-state index contributed by atoms with van der Waals surface area (Å²) >= 11 is 6.48. The average Bonchev–Trinajstić information content (AvgIpc) is 2.33. The van der Waals surface area contributed by atoms with E-state index in [1.807, 2.05) is 24.3 Å². The summed E-state index contributed by atoms with van der Waals surface area (Å²) < 4.78 is 6.76. The van der Waals surface area contributed by atoms with E-state index in [2.05, 4.69) is 41.8 Å². The largest absolute Gasteiger partial charge is 0.472 e. The van der Waals surface area contributed by atoms with E-state index in [1.165, 1.54) is 6.33 Å². The number of hydrogen-bond acceptors (Lipinski definition) is 3. The molecule has 0 aliphatic heterocycles. The van der Waals surface area contributed by atoms with Crippen LogP contribution in [0.15, 0.2) is 44.3 Å². The van der Waals surface area contributed by atoms with E-state index in [-0.39, 0.29) is 11.4 Å². The van der Waals surface area contributed by atoms with Crippen molar-refractivity contribution in [3.05, 3.63) is 55.5 Å². The van der Waals surface area contributed by atoms with Crippen LogP contribution in [0.2, 0.25) is 0 Å². The van der Waals surface area contributed by atoms with Gasteiger partial charge in [-0.1, -0.05) is 28.1 Å². The number of rotatable bonds is 3. The molecule has 0 aliphatic carbocycles. The van der Waals surface area contributed by atoms with Crippen LogP contribution in [0.25, 0.3) is 0 Å². The zero-order valence-corrected chi connectivity index (χ0v) is 11.8. The van der Waals surface area contributed by atoms with E-state index in [0.29, 0.717) is 11.1 Å². The smallest absolute Gasteiger partial charge is 0.268 e. The Labute approximate surface area is 114 Å². The zero-order valence-electron chi connectivity index (χ0n) is 8.61. The molecule has 0 aliphatic rings. The Balaban J connectivity index is 2.10. The maximum Gasteiger partial charge on any atom is 0.268 e. The summed E-state index contributed by atoms with van der Waals surface area (Å²) in [6.07, 6.45) is 1.31. The van der Waals surface area contributed by atoms with Crippen molar-refractivity contribution < 1.29 is 4.74 Å². The van der Waals surface area contributed by atoms with Gasteiger partial charge >= 0.3 is 0 Å². The van der Waals surface area contributed by atoms with Gasteiger partial charge in [-0.3, -0.25) is 4.79 Å². The number of ether oxygens (including phenoxy) is 1. The lowest BCUT2D eigenvalue weighted by Crippen LogP contribution is -2.09. The molecule has 1 aromatic heterocycles. The van der Waals surface area contributed by atoms with Crippen molar-refractivity contribution in [2.45, 2.75) is 6.61 Å². The lowest BCUT2D eigenvalue weighted by atomic mass is 10.2. The van der Waals surface area contributed by atoms with Gasteiger partial charge in [-0.25, -0.2) is 4.98 Å². The molecule has 1 heterocycles. The van der Waals surface area contributed by atoms with E-state index in [9.17, 15) is 4.79 Å². The van der Waals surface area contributed by atoms with Crippen molar-refractivity contribution in [3.63, 3.8) is 0 Å². The summed E-state index contributed by atoms with van der Waals surface area (Å²) in [5, 5.41) is 0. The zero-order chi connectivity index (χ0) is 12.3. The van der Waals surface area contributed by atoms with E-state index >= 15 is 0 Å². The van der Waals surface area contributed by atoms with Gasteiger partial charge in [-0.15, -0.1) is 0 Å². The number of H-pyrrole nitrogens is 1. The van der Waals surface area contributed by atoms with Crippen molar-refractivity contribution >= 4 is 31.9 Å². The molecule has 6 heteroatoms.